The van der Waals surface area contributed by atoms with Gasteiger partial charge in [-0.2, -0.15) is 0 Å². The second kappa shape index (κ2) is 11.3. The first-order chi connectivity index (χ1) is 17.4. The highest BCUT2D eigenvalue weighted by Crippen LogP contribution is 2.23. The first kappa shape index (κ1) is 25.3. The van der Waals surface area contributed by atoms with E-state index in [-0.39, 0.29) is 19.4 Å². The first-order valence-electron chi connectivity index (χ1n) is 11.5. The molecule has 186 valence electrons. The van der Waals surface area contributed by atoms with E-state index in [1.807, 2.05) is 48.5 Å². The van der Waals surface area contributed by atoms with Crippen LogP contribution in [0.3, 0.4) is 0 Å². The normalized spacial score (nSPS) is 12.9. The number of aromatic nitrogens is 3. The predicted octanol–water partition coefficient (Wildman–Crippen LogP) is 4.21. The van der Waals surface area contributed by atoms with Crippen molar-refractivity contribution >= 4 is 28.5 Å². The van der Waals surface area contributed by atoms with Gasteiger partial charge in [-0.15, -0.1) is 5.10 Å². The minimum absolute atomic E-state index is 0.0167. The average molecular weight is 508 g/mol. The fourth-order valence-electron chi connectivity index (χ4n) is 4.09. The Morgan fingerprint density at radius 2 is 1.69 bits per heavy atom. The zero-order valence-corrected chi connectivity index (χ0v) is 20.4. The molecule has 2 N–H and O–H groups in total. The molecule has 0 amide bonds. The highest BCUT2D eigenvalue weighted by Gasteiger charge is 2.26. The summed E-state index contributed by atoms with van der Waals surface area (Å²) < 4.78 is 6.29. The van der Waals surface area contributed by atoms with Crippen LogP contribution in [0.1, 0.15) is 18.4 Å². The van der Waals surface area contributed by atoms with E-state index in [9.17, 15) is 19.8 Å². The maximum atomic E-state index is 12.8. The third kappa shape index (κ3) is 5.90. The summed E-state index contributed by atoms with van der Waals surface area (Å²) in [6.07, 6.45) is -0.257. The molecular formula is C27H26ClN3O5. The Kier molecular flexibility index (Phi) is 7.97. The number of aliphatic carboxylic acids is 1. The lowest BCUT2D eigenvalue weighted by atomic mass is 9.93. The fourth-order valence-corrected chi connectivity index (χ4v) is 4.22. The number of nitrogens with zero attached hydrogens (tertiary/aromatic N) is 3. The van der Waals surface area contributed by atoms with Crippen molar-refractivity contribution in [1.82, 2.24) is 15.0 Å². The largest absolute Gasteiger partial charge is 0.497 e. The molecular weight excluding hydrogens is 482 g/mol. The molecule has 0 saturated heterocycles. The fraction of sp³-hybridized carbons (Fsp3) is 0.259. The zero-order chi connectivity index (χ0) is 25.7. The van der Waals surface area contributed by atoms with Crippen molar-refractivity contribution < 1.29 is 19.7 Å². The molecule has 0 aliphatic rings. The number of rotatable bonds is 10. The molecule has 4 rings (SSSR count). The minimum atomic E-state index is -1.12. The highest BCUT2D eigenvalue weighted by atomic mass is 35.5. The van der Waals surface area contributed by atoms with Crippen molar-refractivity contribution in [3.8, 4) is 16.9 Å². The molecule has 0 spiro atoms. The van der Waals surface area contributed by atoms with Crippen LogP contribution >= 0.6 is 11.6 Å². The molecule has 2 atom stereocenters. The van der Waals surface area contributed by atoms with Gasteiger partial charge in [0.05, 0.1) is 24.5 Å². The number of carbonyl (C=O) groups is 1. The lowest BCUT2D eigenvalue weighted by molar-refractivity contribution is -0.146. The van der Waals surface area contributed by atoms with Crippen LogP contribution in [0, 0.1) is 5.92 Å². The van der Waals surface area contributed by atoms with Crippen LogP contribution in [0.15, 0.2) is 71.5 Å². The number of aliphatic hydroxyl groups is 1. The van der Waals surface area contributed by atoms with Gasteiger partial charge in [0.2, 0.25) is 0 Å². The van der Waals surface area contributed by atoms with Crippen LogP contribution < -0.4 is 10.3 Å². The number of halogens is 1. The summed E-state index contributed by atoms with van der Waals surface area (Å²) in [5.41, 5.74) is 3.11. The Morgan fingerprint density at radius 1 is 1.03 bits per heavy atom. The van der Waals surface area contributed by atoms with Crippen LogP contribution in [0.2, 0.25) is 5.02 Å². The molecule has 0 bridgehead atoms. The number of methoxy groups -OCH3 is 1. The quantitative estimate of drug-likeness (QED) is 0.330. The lowest BCUT2D eigenvalue weighted by Gasteiger charge is -2.19. The van der Waals surface area contributed by atoms with E-state index in [2.05, 4.69) is 10.3 Å². The Bertz CT molecular complexity index is 1400. The van der Waals surface area contributed by atoms with Gasteiger partial charge < -0.3 is 14.9 Å². The minimum Gasteiger partial charge on any atom is -0.497 e. The van der Waals surface area contributed by atoms with Crippen LogP contribution in [0.25, 0.3) is 22.0 Å². The summed E-state index contributed by atoms with van der Waals surface area (Å²) in [6.45, 7) is 0.0167. The smallest absolute Gasteiger partial charge is 0.309 e. The Balaban J connectivity index is 1.39. The molecule has 1 aromatic heterocycles. The van der Waals surface area contributed by atoms with Gasteiger partial charge in [0.1, 0.15) is 11.3 Å². The summed E-state index contributed by atoms with van der Waals surface area (Å²) in [7, 11) is 1.50. The molecule has 8 nitrogen and oxygen atoms in total. The van der Waals surface area contributed by atoms with E-state index in [0.717, 1.165) is 21.4 Å². The molecule has 1 heterocycles. The lowest BCUT2D eigenvalue weighted by Crippen LogP contribution is -2.32. The number of carboxylic acids is 1. The molecule has 36 heavy (non-hydrogen) atoms. The number of ether oxygens (including phenoxy) is 1. The van der Waals surface area contributed by atoms with E-state index in [4.69, 9.17) is 16.3 Å². The van der Waals surface area contributed by atoms with Crippen LogP contribution in [0.5, 0.6) is 5.75 Å². The molecule has 0 unspecified atom stereocenters. The predicted molar refractivity (Wildman–Crippen MR) is 137 cm³/mol. The maximum Gasteiger partial charge on any atom is 0.309 e. The molecule has 0 fully saturated rings. The van der Waals surface area contributed by atoms with Crippen molar-refractivity contribution in [2.45, 2.75) is 31.9 Å². The number of hydrogen-bond donors (Lipinski definition) is 2. The van der Waals surface area contributed by atoms with Crippen LogP contribution in [0.4, 0.5) is 0 Å². The molecule has 9 heteroatoms. The second-order valence-corrected chi connectivity index (χ2v) is 8.98. The van der Waals surface area contributed by atoms with Crippen molar-refractivity contribution in [2.75, 3.05) is 7.11 Å². The topological polar surface area (TPSA) is 115 Å². The van der Waals surface area contributed by atoms with Gasteiger partial charge in [-0.05, 0) is 66.3 Å². The number of fused-ring (bicyclic) bond motifs is 1. The third-order valence-electron chi connectivity index (χ3n) is 6.22. The Morgan fingerprint density at radius 3 is 2.33 bits per heavy atom. The summed E-state index contributed by atoms with van der Waals surface area (Å²) in [5, 5.41) is 29.3. The summed E-state index contributed by atoms with van der Waals surface area (Å²) in [4.78, 5) is 24.7. The number of hydrogen-bond acceptors (Lipinski definition) is 6. The molecule has 0 radical (unpaired) electrons. The number of benzene rings is 3. The maximum absolute atomic E-state index is 12.8. The van der Waals surface area contributed by atoms with Gasteiger partial charge in [-0.3, -0.25) is 9.59 Å². The van der Waals surface area contributed by atoms with Gasteiger partial charge in [0.25, 0.3) is 5.56 Å². The van der Waals surface area contributed by atoms with E-state index >= 15 is 0 Å². The SMILES string of the molecule is COc1ccc2nnn(CC[C@H](C(=O)O)[C@H](O)CCc3ccc(-c4ccc(Cl)cc4)cc3)c(=O)c2c1. The molecule has 0 aliphatic carbocycles. The molecule has 0 saturated carbocycles. The molecule has 4 aromatic rings. The van der Waals surface area contributed by atoms with Gasteiger partial charge in [-0.1, -0.05) is 53.2 Å². The van der Waals surface area contributed by atoms with E-state index in [1.165, 1.54) is 7.11 Å². The summed E-state index contributed by atoms with van der Waals surface area (Å²) in [6, 6.07) is 20.4. The first-order valence-corrected chi connectivity index (χ1v) is 11.9. The second-order valence-electron chi connectivity index (χ2n) is 8.54. The van der Waals surface area contributed by atoms with Crippen LogP contribution in [-0.4, -0.2) is 44.4 Å². The molecule has 0 aliphatic heterocycles. The summed E-state index contributed by atoms with van der Waals surface area (Å²) >= 11 is 5.95. The van der Waals surface area contributed by atoms with Gasteiger partial charge in [0, 0.05) is 11.6 Å². The van der Waals surface area contributed by atoms with Crippen molar-refractivity contribution in [1.29, 1.82) is 0 Å². The average Bonchev–Trinajstić information content (AvgIpc) is 2.89. The number of aryl methyl sites for hydroxylation is 2. The Hall–Kier alpha value is -3.75. The third-order valence-corrected chi connectivity index (χ3v) is 6.47. The van der Waals surface area contributed by atoms with Gasteiger partial charge >= 0.3 is 5.97 Å². The summed E-state index contributed by atoms with van der Waals surface area (Å²) in [5.74, 6) is -1.66. The van der Waals surface area contributed by atoms with Crippen LogP contribution in [-0.2, 0) is 17.8 Å². The van der Waals surface area contributed by atoms with E-state index < -0.39 is 23.6 Å². The highest BCUT2D eigenvalue weighted by molar-refractivity contribution is 6.30. The van der Waals surface area contributed by atoms with Crippen molar-refractivity contribution in [3.05, 3.63) is 87.7 Å². The standard InChI is InChI=1S/C27H26ClN3O5/c1-36-21-11-12-24-23(16-21)26(33)31(30-29-24)15-14-22(27(34)35)25(32)13-4-17-2-5-18(6-3-17)19-7-9-20(28)10-8-19/h2-3,5-12,16,22,25,32H,4,13-15H2,1H3,(H,34,35)/t22-,25+/m0/s1. The number of aliphatic hydroxyl groups excluding tert-OH is 1. The van der Waals surface area contributed by atoms with Crippen molar-refractivity contribution in [2.24, 2.45) is 5.92 Å². The van der Waals surface area contributed by atoms with E-state index in [0.29, 0.717) is 28.1 Å². The number of carboxylic acid groups (broad SMARTS) is 1. The van der Waals surface area contributed by atoms with Gasteiger partial charge in [0.15, 0.2) is 0 Å². The van der Waals surface area contributed by atoms with Gasteiger partial charge in [-0.25, -0.2) is 4.68 Å². The zero-order valence-electron chi connectivity index (χ0n) is 19.7. The van der Waals surface area contributed by atoms with Crippen molar-refractivity contribution in [3.63, 3.8) is 0 Å². The van der Waals surface area contributed by atoms with E-state index in [1.54, 1.807) is 18.2 Å². The Labute approximate surface area is 212 Å². The monoisotopic (exact) mass is 507 g/mol. The molecule has 3 aromatic carbocycles.